The highest BCUT2D eigenvalue weighted by Crippen LogP contribution is 2.26. The average Bonchev–Trinajstić information content (AvgIpc) is 2.89. The van der Waals surface area contributed by atoms with Crippen LogP contribution in [0.5, 0.6) is 0 Å². The van der Waals surface area contributed by atoms with Crippen molar-refractivity contribution in [2.24, 2.45) is 0 Å². The van der Waals surface area contributed by atoms with Gasteiger partial charge < -0.3 is 10.2 Å². The Labute approximate surface area is 240 Å². The molecule has 3 aromatic carbocycles. The number of nitrogens with one attached hydrogen (secondary N) is 1. The summed E-state index contributed by atoms with van der Waals surface area (Å²) in [5, 5.41) is 3.53. The van der Waals surface area contributed by atoms with Crippen LogP contribution in [-0.4, -0.2) is 51.0 Å². The Bertz CT molecular complexity index is 1400. The molecule has 3 rings (SSSR count). The van der Waals surface area contributed by atoms with Gasteiger partial charge in [0.05, 0.1) is 11.9 Å². The zero-order chi connectivity index (χ0) is 28.6. The Morgan fingerprint density at radius 2 is 1.64 bits per heavy atom. The number of anilines is 1. The number of hydrogen-bond donors (Lipinski definition) is 1. The first-order chi connectivity index (χ1) is 18.5. The zero-order valence-corrected chi connectivity index (χ0v) is 24.6. The number of halogens is 2. The summed E-state index contributed by atoms with van der Waals surface area (Å²) in [6, 6.07) is 20.9. The van der Waals surface area contributed by atoms with Crippen molar-refractivity contribution in [3.05, 3.63) is 99.5 Å². The van der Waals surface area contributed by atoms with Crippen LogP contribution >= 0.6 is 23.2 Å². The summed E-state index contributed by atoms with van der Waals surface area (Å²) in [5.41, 5.74) is 2.93. The standard InChI is InChI=1S/C29H33Cl2N3O4S/c1-21-10-7-8-13-26(21)34(39(3,37)38)17-9-14-28(35)33(20-23-15-16-24(30)19-25(23)31)27(29(36)32-2)18-22-11-5-4-6-12-22/h4-8,10-13,15-16,19,27H,9,14,17-18,20H2,1-3H3,(H,32,36). The van der Waals surface area contributed by atoms with Crippen molar-refractivity contribution in [2.75, 3.05) is 24.2 Å². The second-order valence-electron chi connectivity index (χ2n) is 9.30. The van der Waals surface area contributed by atoms with Crippen LogP contribution in [0.4, 0.5) is 5.69 Å². The summed E-state index contributed by atoms with van der Waals surface area (Å²) in [7, 11) is -2.04. The summed E-state index contributed by atoms with van der Waals surface area (Å²) in [5.74, 6) is -0.598. The van der Waals surface area contributed by atoms with Crippen LogP contribution in [0, 0.1) is 6.92 Å². The molecule has 10 heteroatoms. The minimum absolute atomic E-state index is 0.0331. The minimum atomic E-state index is -3.58. The van der Waals surface area contributed by atoms with Crippen molar-refractivity contribution in [3.63, 3.8) is 0 Å². The fourth-order valence-corrected chi connectivity index (χ4v) is 5.87. The Morgan fingerprint density at radius 3 is 2.26 bits per heavy atom. The van der Waals surface area contributed by atoms with E-state index in [0.29, 0.717) is 27.7 Å². The number of likely N-dealkylation sites (N-methyl/N-ethyl adjacent to an activating group) is 1. The van der Waals surface area contributed by atoms with Crippen molar-refractivity contribution in [1.29, 1.82) is 0 Å². The fraction of sp³-hybridized carbons (Fsp3) is 0.310. The maximum atomic E-state index is 13.7. The number of sulfonamides is 1. The Morgan fingerprint density at radius 1 is 0.974 bits per heavy atom. The van der Waals surface area contributed by atoms with E-state index < -0.39 is 16.1 Å². The molecule has 0 bridgehead atoms. The van der Waals surface area contributed by atoms with E-state index in [9.17, 15) is 18.0 Å². The third kappa shape index (κ3) is 8.46. The maximum Gasteiger partial charge on any atom is 0.242 e. The summed E-state index contributed by atoms with van der Waals surface area (Å²) in [4.78, 5) is 28.3. The monoisotopic (exact) mass is 589 g/mol. The third-order valence-electron chi connectivity index (χ3n) is 6.41. The lowest BCUT2D eigenvalue weighted by atomic mass is 10.0. The van der Waals surface area contributed by atoms with E-state index in [1.807, 2.05) is 49.4 Å². The van der Waals surface area contributed by atoms with Crippen molar-refractivity contribution >= 4 is 50.7 Å². The maximum absolute atomic E-state index is 13.7. The highest BCUT2D eigenvalue weighted by Gasteiger charge is 2.30. The van der Waals surface area contributed by atoms with Crippen LogP contribution in [0.25, 0.3) is 0 Å². The molecule has 0 fully saturated rings. The van der Waals surface area contributed by atoms with Gasteiger partial charge in [-0.3, -0.25) is 13.9 Å². The minimum Gasteiger partial charge on any atom is -0.357 e. The molecule has 0 saturated carbocycles. The van der Waals surface area contributed by atoms with Crippen LogP contribution in [0.1, 0.15) is 29.5 Å². The van der Waals surface area contributed by atoms with Gasteiger partial charge in [-0.1, -0.05) is 77.8 Å². The van der Waals surface area contributed by atoms with Crippen LogP contribution in [0.3, 0.4) is 0 Å². The molecule has 208 valence electrons. The lowest BCUT2D eigenvalue weighted by Crippen LogP contribution is -2.49. The van der Waals surface area contributed by atoms with Crippen LogP contribution < -0.4 is 9.62 Å². The molecule has 1 atom stereocenters. The normalized spacial score (nSPS) is 12.0. The first-order valence-electron chi connectivity index (χ1n) is 12.5. The quantitative estimate of drug-likeness (QED) is 0.313. The Hall–Kier alpha value is -3.07. The Kier molecular flexibility index (Phi) is 10.8. The average molecular weight is 591 g/mol. The number of carbonyl (C=O) groups excluding carboxylic acids is 2. The van der Waals surface area contributed by atoms with Crippen molar-refractivity contribution in [3.8, 4) is 0 Å². The van der Waals surface area contributed by atoms with Crippen molar-refractivity contribution < 1.29 is 18.0 Å². The van der Waals surface area contributed by atoms with E-state index in [0.717, 1.165) is 17.4 Å². The lowest BCUT2D eigenvalue weighted by Gasteiger charge is -2.32. The van der Waals surface area contributed by atoms with Gasteiger partial charge in [0.1, 0.15) is 6.04 Å². The highest BCUT2D eigenvalue weighted by atomic mass is 35.5. The molecule has 0 aliphatic heterocycles. The SMILES string of the molecule is CNC(=O)C(Cc1ccccc1)N(Cc1ccc(Cl)cc1Cl)C(=O)CCCN(c1ccccc1C)S(C)(=O)=O. The van der Waals surface area contributed by atoms with Gasteiger partial charge in [-0.15, -0.1) is 0 Å². The fourth-order valence-electron chi connectivity index (χ4n) is 4.38. The number of hydrogen-bond acceptors (Lipinski definition) is 4. The van der Waals surface area contributed by atoms with Crippen LogP contribution in [0.2, 0.25) is 10.0 Å². The van der Waals surface area contributed by atoms with Crippen molar-refractivity contribution in [2.45, 2.75) is 38.8 Å². The molecule has 7 nitrogen and oxygen atoms in total. The second-order valence-corrected chi connectivity index (χ2v) is 12.1. The molecule has 0 aromatic heterocycles. The molecule has 2 amide bonds. The van der Waals surface area contributed by atoms with E-state index in [1.54, 1.807) is 30.3 Å². The number of aryl methyl sites for hydroxylation is 1. The zero-order valence-electron chi connectivity index (χ0n) is 22.2. The molecule has 1 N–H and O–H groups in total. The lowest BCUT2D eigenvalue weighted by molar-refractivity contribution is -0.141. The molecular weight excluding hydrogens is 557 g/mol. The van der Waals surface area contributed by atoms with E-state index in [4.69, 9.17) is 23.2 Å². The van der Waals surface area contributed by atoms with Crippen molar-refractivity contribution in [1.82, 2.24) is 10.2 Å². The topological polar surface area (TPSA) is 86.8 Å². The summed E-state index contributed by atoms with van der Waals surface area (Å²) < 4.78 is 26.5. The van der Waals surface area contributed by atoms with E-state index in [-0.39, 0.29) is 37.7 Å². The van der Waals surface area contributed by atoms with Gasteiger partial charge in [-0.25, -0.2) is 8.42 Å². The summed E-state index contributed by atoms with van der Waals surface area (Å²) in [6.45, 7) is 2.05. The molecule has 0 saturated heterocycles. The number of amides is 2. The first-order valence-corrected chi connectivity index (χ1v) is 15.1. The van der Waals surface area contributed by atoms with Crippen LogP contribution in [0.15, 0.2) is 72.8 Å². The number of benzene rings is 3. The molecule has 0 spiro atoms. The number of carbonyl (C=O) groups is 2. The number of nitrogens with zero attached hydrogens (tertiary/aromatic N) is 2. The smallest absolute Gasteiger partial charge is 0.242 e. The van der Waals surface area contributed by atoms with Gasteiger partial charge in [0.25, 0.3) is 0 Å². The predicted octanol–water partition coefficient (Wildman–Crippen LogP) is 5.23. The van der Waals surface area contributed by atoms with E-state index in [2.05, 4.69) is 5.32 Å². The van der Waals surface area contributed by atoms with Gasteiger partial charge in [-0.05, 0) is 48.2 Å². The summed E-state index contributed by atoms with van der Waals surface area (Å²) >= 11 is 12.5. The van der Waals surface area contributed by atoms with E-state index in [1.165, 1.54) is 16.3 Å². The molecular formula is C29H33Cl2N3O4S. The Balaban J connectivity index is 1.88. The third-order valence-corrected chi connectivity index (χ3v) is 8.18. The molecule has 1 unspecified atom stereocenters. The van der Waals surface area contributed by atoms with Gasteiger partial charge in [-0.2, -0.15) is 0 Å². The first kappa shape index (κ1) is 30.5. The predicted molar refractivity (Wildman–Crippen MR) is 158 cm³/mol. The molecule has 0 radical (unpaired) electrons. The van der Waals surface area contributed by atoms with Gasteiger partial charge in [0, 0.05) is 43.0 Å². The molecule has 0 aliphatic carbocycles. The van der Waals surface area contributed by atoms with E-state index >= 15 is 0 Å². The van der Waals surface area contributed by atoms with Gasteiger partial charge in [0.15, 0.2) is 0 Å². The molecule has 0 aliphatic rings. The van der Waals surface area contributed by atoms with Crippen LogP contribution in [-0.2, 0) is 32.6 Å². The summed E-state index contributed by atoms with van der Waals surface area (Å²) in [6.07, 6.45) is 1.75. The van der Waals surface area contributed by atoms with Gasteiger partial charge in [0.2, 0.25) is 21.8 Å². The molecule has 3 aromatic rings. The highest BCUT2D eigenvalue weighted by molar-refractivity contribution is 7.92. The number of rotatable bonds is 12. The molecule has 39 heavy (non-hydrogen) atoms. The number of para-hydroxylation sites is 1. The largest absolute Gasteiger partial charge is 0.357 e. The van der Waals surface area contributed by atoms with Gasteiger partial charge >= 0.3 is 0 Å². The second kappa shape index (κ2) is 13.8. The molecule has 0 heterocycles.